The standard InChI is InChI=1S/C11H15ClN2O2/c1-8-3-4-9(6-13-8)11(15)14-10(5-12)7-16-2/h3-4,6,10H,5,7H2,1-2H3,(H,14,15). The summed E-state index contributed by atoms with van der Waals surface area (Å²) in [5.41, 5.74) is 1.40. The monoisotopic (exact) mass is 242 g/mol. The summed E-state index contributed by atoms with van der Waals surface area (Å²) >= 11 is 5.69. The number of alkyl halides is 1. The summed E-state index contributed by atoms with van der Waals surface area (Å²) < 4.78 is 4.94. The highest BCUT2D eigenvalue weighted by molar-refractivity contribution is 6.18. The zero-order chi connectivity index (χ0) is 12.0. The summed E-state index contributed by atoms with van der Waals surface area (Å²) in [6, 6.07) is 3.34. The molecule has 0 aliphatic rings. The number of nitrogens with zero attached hydrogens (tertiary/aromatic N) is 1. The minimum Gasteiger partial charge on any atom is -0.383 e. The fourth-order valence-electron chi connectivity index (χ4n) is 1.20. The van der Waals surface area contributed by atoms with E-state index in [-0.39, 0.29) is 11.9 Å². The number of pyridine rings is 1. The minimum absolute atomic E-state index is 0.180. The molecule has 0 saturated carbocycles. The number of rotatable bonds is 5. The van der Waals surface area contributed by atoms with Crippen molar-refractivity contribution in [2.75, 3.05) is 19.6 Å². The second kappa shape index (κ2) is 6.45. The van der Waals surface area contributed by atoms with Crippen LogP contribution in [0, 0.1) is 6.92 Å². The van der Waals surface area contributed by atoms with Crippen molar-refractivity contribution in [3.05, 3.63) is 29.6 Å². The van der Waals surface area contributed by atoms with Gasteiger partial charge in [0.1, 0.15) is 0 Å². The van der Waals surface area contributed by atoms with Crippen molar-refractivity contribution in [1.82, 2.24) is 10.3 Å². The summed E-state index contributed by atoms with van der Waals surface area (Å²) in [4.78, 5) is 15.8. The molecule has 0 bridgehead atoms. The Morgan fingerprint density at radius 3 is 2.88 bits per heavy atom. The van der Waals surface area contributed by atoms with Crippen LogP contribution in [-0.2, 0) is 4.74 Å². The van der Waals surface area contributed by atoms with Gasteiger partial charge in [-0.2, -0.15) is 0 Å². The molecule has 0 radical (unpaired) electrons. The highest BCUT2D eigenvalue weighted by atomic mass is 35.5. The maximum absolute atomic E-state index is 11.7. The lowest BCUT2D eigenvalue weighted by Gasteiger charge is -2.14. The lowest BCUT2D eigenvalue weighted by molar-refractivity contribution is 0.0906. The Morgan fingerprint density at radius 1 is 1.62 bits per heavy atom. The van der Waals surface area contributed by atoms with Crippen LogP contribution in [0.15, 0.2) is 18.3 Å². The smallest absolute Gasteiger partial charge is 0.253 e. The topological polar surface area (TPSA) is 51.2 Å². The molecule has 5 heteroatoms. The van der Waals surface area contributed by atoms with E-state index >= 15 is 0 Å². The van der Waals surface area contributed by atoms with Crippen LogP contribution in [-0.4, -0.2) is 36.5 Å². The third kappa shape index (κ3) is 3.79. The van der Waals surface area contributed by atoms with Gasteiger partial charge in [0.25, 0.3) is 5.91 Å². The summed E-state index contributed by atoms with van der Waals surface area (Å²) in [5.74, 6) is 0.133. The quantitative estimate of drug-likeness (QED) is 0.794. The zero-order valence-corrected chi connectivity index (χ0v) is 10.1. The van der Waals surface area contributed by atoms with Crippen molar-refractivity contribution in [1.29, 1.82) is 0 Å². The van der Waals surface area contributed by atoms with Gasteiger partial charge < -0.3 is 10.1 Å². The van der Waals surface area contributed by atoms with Gasteiger partial charge in [-0.3, -0.25) is 9.78 Å². The molecule has 0 aliphatic carbocycles. The third-order valence-corrected chi connectivity index (χ3v) is 2.44. The Kier molecular flexibility index (Phi) is 5.22. The number of hydrogen-bond donors (Lipinski definition) is 1. The van der Waals surface area contributed by atoms with E-state index in [4.69, 9.17) is 16.3 Å². The van der Waals surface area contributed by atoms with Crippen LogP contribution in [0.1, 0.15) is 16.1 Å². The van der Waals surface area contributed by atoms with Gasteiger partial charge in [0.2, 0.25) is 0 Å². The van der Waals surface area contributed by atoms with E-state index in [1.165, 1.54) is 0 Å². The molecule has 16 heavy (non-hydrogen) atoms. The molecular weight excluding hydrogens is 228 g/mol. The van der Waals surface area contributed by atoms with E-state index in [1.54, 1.807) is 25.4 Å². The molecule has 88 valence electrons. The van der Waals surface area contributed by atoms with E-state index in [9.17, 15) is 4.79 Å². The van der Waals surface area contributed by atoms with Crippen molar-refractivity contribution in [3.63, 3.8) is 0 Å². The molecular formula is C11H15ClN2O2. The first kappa shape index (κ1) is 12.9. The first-order valence-corrected chi connectivity index (χ1v) is 5.49. The molecule has 0 fully saturated rings. The molecule has 1 aromatic rings. The number of carbonyl (C=O) groups excluding carboxylic acids is 1. The van der Waals surface area contributed by atoms with Crippen LogP contribution >= 0.6 is 11.6 Å². The number of ether oxygens (including phenoxy) is 1. The number of halogens is 1. The highest BCUT2D eigenvalue weighted by Gasteiger charge is 2.12. The van der Waals surface area contributed by atoms with Gasteiger partial charge in [-0.25, -0.2) is 0 Å². The molecule has 0 aromatic carbocycles. The predicted molar refractivity (Wildman–Crippen MR) is 62.8 cm³/mol. The normalized spacial score (nSPS) is 12.2. The largest absolute Gasteiger partial charge is 0.383 e. The summed E-state index contributed by atoms with van der Waals surface area (Å²) in [7, 11) is 1.57. The molecule has 4 nitrogen and oxygen atoms in total. The first-order chi connectivity index (χ1) is 7.67. The molecule has 1 heterocycles. The van der Waals surface area contributed by atoms with Crippen molar-refractivity contribution in [3.8, 4) is 0 Å². The van der Waals surface area contributed by atoms with Crippen LogP contribution < -0.4 is 5.32 Å². The van der Waals surface area contributed by atoms with Crippen molar-refractivity contribution >= 4 is 17.5 Å². The van der Waals surface area contributed by atoms with Gasteiger partial charge in [0.05, 0.1) is 18.2 Å². The van der Waals surface area contributed by atoms with Crippen molar-refractivity contribution < 1.29 is 9.53 Å². The van der Waals surface area contributed by atoms with Crippen molar-refractivity contribution in [2.45, 2.75) is 13.0 Å². The molecule has 0 saturated heterocycles. The number of nitrogens with one attached hydrogen (secondary N) is 1. The Hall–Kier alpha value is -1.13. The number of carbonyl (C=O) groups is 1. The lowest BCUT2D eigenvalue weighted by atomic mass is 10.2. The summed E-state index contributed by atoms with van der Waals surface area (Å²) in [6.45, 7) is 2.27. The van der Waals surface area contributed by atoms with Gasteiger partial charge in [0.15, 0.2) is 0 Å². The van der Waals surface area contributed by atoms with Crippen LogP contribution in [0.25, 0.3) is 0 Å². The van der Waals surface area contributed by atoms with E-state index in [0.717, 1.165) is 5.69 Å². The Morgan fingerprint density at radius 2 is 2.38 bits per heavy atom. The number of amides is 1. The van der Waals surface area contributed by atoms with E-state index in [1.807, 2.05) is 6.92 Å². The average Bonchev–Trinajstić information content (AvgIpc) is 2.29. The molecule has 0 spiro atoms. The lowest BCUT2D eigenvalue weighted by Crippen LogP contribution is -2.39. The minimum atomic E-state index is -0.185. The SMILES string of the molecule is COCC(CCl)NC(=O)c1ccc(C)nc1. The van der Waals surface area contributed by atoms with Gasteiger partial charge in [-0.05, 0) is 19.1 Å². The van der Waals surface area contributed by atoms with Crippen LogP contribution in [0.2, 0.25) is 0 Å². The van der Waals surface area contributed by atoms with Gasteiger partial charge in [0, 0.05) is 24.9 Å². The van der Waals surface area contributed by atoms with Crippen LogP contribution in [0.4, 0.5) is 0 Å². The molecule has 1 aromatic heterocycles. The second-order valence-electron chi connectivity index (χ2n) is 3.47. The van der Waals surface area contributed by atoms with Crippen LogP contribution in [0.3, 0.4) is 0 Å². The molecule has 1 N–H and O–H groups in total. The maximum atomic E-state index is 11.7. The highest BCUT2D eigenvalue weighted by Crippen LogP contribution is 2.00. The van der Waals surface area contributed by atoms with Gasteiger partial charge in [-0.1, -0.05) is 0 Å². The van der Waals surface area contributed by atoms with E-state index in [0.29, 0.717) is 18.1 Å². The number of hydrogen-bond acceptors (Lipinski definition) is 3. The average molecular weight is 243 g/mol. The maximum Gasteiger partial charge on any atom is 0.253 e. The van der Waals surface area contributed by atoms with E-state index < -0.39 is 0 Å². The summed E-state index contributed by atoms with van der Waals surface area (Å²) in [5, 5.41) is 2.77. The Bertz CT molecular complexity index is 340. The zero-order valence-electron chi connectivity index (χ0n) is 9.37. The fraction of sp³-hybridized carbons (Fsp3) is 0.455. The molecule has 0 aliphatic heterocycles. The molecule has 1 amide bonds. The predicted octanol–water partition coefficient (Wildman–Crippen LogP) is 1.37. The second-order valence-corrected chi connectivity index (χ2v) is 3.78. The Labute approximate surface area is 100.0 Å². The van der Waals surface area contributed by atoms with Crippen molar-refractivity contribution in [2.24, 2.45) is 0 Å². The van der Waals surface area contributed by atoms with Gasteiger partial charge in [-0.15, -0.1) is 11.6 Å². The molecule has 1 atom stereocenters. The number of aryl methyl sites for hydroxylation is 1. The van der Waals surface area contributed by atoms with Crippen LogP contribution in [0.5, 0.6) is 0 Å². The molecule has 1 rings (SSSR count). The number of aromatic nitrogens is 1. The molecule has 1 unspecified atom stereocenters. The van der Waals surface area contributed by atoms with E-state index in [2.05, 4.69) is 10.3 Å². The Balaban J connectivity index is 2.60. The summed E-state index contributed by atoms with van der Waals surface area (Å²) in [6.07, 6.45) is 1.54. The first-order valence-electron chi connectivity index (χ1n) is 4.95. The number of methoxy groups -OCH3 is 1. The third-order valence-electron chi connectivity index (χ3n) is 2.06. The van der Waals surface area contributed by atoms with Gasteiger partial charge >= 0.3 is 0 Å². The fourth-order valence-corrected chi connectivity index (χ4v) is 1.36.